The molecule has 2 rings (SSSR count). The van der Waals surface area contributed by atoms with Gasteiger partial charge in [-0.15, -0.1) is 11.3 Å². The highest BCUT2D eigenvalue weighted by Gasteiger charge is 2.16. The minimum absolute atomic E-state index is 0.129. The van der Waals surface area contributed by atoms with Crippen LogP contribution in [0.2, 0.25) is 5.02 Å². The third kappa shape index (κ3) is 4.09. The topological polar surface area (TPSA) is 66.4 Å². The van der Waals surface area contributed by atoms with E-state index in [0.717, 1.165) is 36.2 Å². The summed E-state index contributed by atoms with van der Waals surface area (Å²) in [6.07, 6.45) is 3.11. The molecule has 4 nitrogen and oxygen atoms in total. The third-order valence-corrected chi connectivity index (χ3v) is 5.57. The molecule has 2 aromatic rings. The van der Waals surface area contributed by atoms with Crippen molar-refractivity contribution >= 4 is 45.6 Å². The highest BCUT2D eigenvalue weighted by atomic mass is 35.5. The van der Waals surface area contributed by atoms with Gasteiger partial charge in [0.05, 0.1) is 15.6 Å². The van der Waals surface area contributed by atoms with Gasteiger partial charge >= 0.3 is 5.97 Å². The molecule has 0 fully saturated rings. The van der Waals surface area contributed by atoms with Crippen molar-refractivity contribution < 1.29 is 14.1 Å². The summed E-state index contributed by atoms with van der Waals surface area (Å²) in [4.78, 5) is 11.6. The number of hydrogen-bond acceptors (Lipinski definition) is 3. The molecule has 1 atom stereocenters. The summed E-state index contributed by atoms with van der Waals surface area (Å²) in [5, 5.41) is 11.1. The minimum Gasteiger partial charge on any atom is -0.477 e. The highest BCUT2D eigenvalue weighted by molar-refractivity contribution is 7.86. The molecule has 1 heterocycles. The Morgan fingerprint density at radius 2 is 2.18 bits per heavy atom. The monoisotopic (exact) mass is 357 g/mol. The Labute approximate surface area is 140 Å². The number of aryl methyl sites for hydroxylation is 1. The van der Waals surface area contributed by atoms with E-state index in [2.05, 4.69) is 11.6 Å². The number of carboxylic acid groups (broad SMARTS) is 1. The fourth-order valence-corrected chi connectivity index (χ4v) is 4.01. The Morgan fingerprint density at radius 3 is 2.82 bits per heavy atom. The number of unbranched alkanes of at least 4 members (excludes halogenated alkanes) is 1. The Balaban J connectivity index is 2.16. The van der Waals surface area contributed by atoms with Crippen molar-refractivity contribution in [1.82, 2.24) is 0 Å². The third-order valence-electron chi connectivity index (χ3n) is 3.08. The molecular formula is C15H16ClNO3S2. The molecule has 118 valence electrons. The number of aromatic carboxylic acids is 1. The lowest BCUT2D eigenvalue weighted by molar-refractivity contribution is 0.0703. The Morgan fingerprint density at radius 1 is 1.41 bits per heavy atom. The Kier molecular flexibility index (Phi) is 5.99. The number of benzene rings is 1. The first-order valence-electron chi connectivity index (χ1n) is 6.80. The standard InChI is InChI=1S/C15H16ClNO3S2/c1-2-3-4-10-5-6-13(11(16)9-10)22(20)17-12-7-8-21-14(12)15(18)19/h5-9,17H,2-4H2,1H3,(H,18,19). The summed E-state index contributed by atoms with van der Waals surface area (Å²) in [5.74, 6) is -1.05. The van der Waals surface area contributed by atoms with Gasteiger partial charge in [-0.1, -0.05) is 31.0 Å². The zero-order valence-electron chi connectivity index (χ0n) is 12.0. The van der Waals surface area contributed by atoms with Crippen LogP contribution in [-0.2, 0) is 17.4 Å². The van der Waals surface area contributed by atoms with Crippen molar-refractivity contribution in [2.45, 2.75) is 31.1 Å². The summed E-state index contributed by atoms with van der Waals surface area (Å²) in [5.41, 5.74) is 1.44. The summed E-state index contributed by atoms with van der Waals surface area (Å²) >= 11 is 7.28. The molecule has 0 bridgehead atoms. The van der Waals surface area contributed by atoms with Crippen molar-refractivity contribution in [3.05, 3.63) is 45.1 Å². The van der Waals surface area contributed by atoms with Gasteiger partial charge in [0.15, 0.2) is 11.0 Å². The predicted molar refractivity (Wildman–Crippen MR) is 91.4 cm³/mol. The normalized spacial score (nSPS) is 12.1. The lowest BCUT2D eigenvalue weighted by Crippen LogP contribution is -2.08. The van der Waals surface area contributed by atoms with Crippen LogP contribution in [0.25, 0.3) is 0 Å². The van der Waals surface area contributed by atoms with E-state index in [4.69, 9.17) is 16.7 Å². The molecule has 1 aromatic carbocycles. The molecule has 0 aliphatic carbocycles. The van der Waals surface area contributed by atoms with E-state index in [-0.39, 0.29) is 4.88 Å². The number of halogens is 1. The van der Waals surface area contributed by atoms with E-state index in [1.165, 1.54) is 0 Å². The second-order valence-electron chi connectivity index (χ2n) is 4.71. The van der Waals surface area contributed by atoms with E-state index in [0.29, 0.717) is 15.6 Å². The maximum atomic E-state index is 12.4. The first-order valence-corrected chi connectivity index (χ1v) is 9.21. The largest absolute Gasteiger partial charge is 0.477 e. The number of anilines is 1. The van der Waals surface area contributed by atoms with Crippen molar-refractivity contribution in [3.8, 4) is 0 Å². The lowest BCUT2D eigenvalue weighted by Gasteiger charge is -2.09. The van der Waals surface area contributed by atoms with Gasteiger partial charge < -0.3 is 5.11 Å². The van der Waals surface area contributed by atoms with Crippen LogP contribution in [-0.4, -0.2) is 15.3 Å². The first kappa shape index (κ1) is 17.0. The SMILES string of the molecule is CCCCc1ccc(S(=O)Nc2ccsc2C(=O)O)c(Cl)c1. The van der Waals surface area contributed by atoms with Crippen molar-refractivity contribution in [2.24, 2.45) is 0 Å². The van der Waals surface area contributed by atoms with Crippen molar-refractivity contribution in [1.29, 1.82) is 0 Å². The molecule has 0 saturated heterocycles. The van der Waals surface area contributed by atoms with E-state index in [9.17, 15) is 9.00 Å². The Bertz CT molecular complexity index is 700. The second kappa shape index (κ2) is 7.76. The zero-order valence-corrected chi connectivity index (χ0v) is 14.4. The number of carbonyl (C=O) groups is 1. The van der Waals surface area contributed by atoms with Gasteiger partial charge in [-0.05, 0) is 42.0 Å². The first-order chi connectivity index (χ1) is 10.5. The molecule has 1 unspecified atom stereocenters. The minimum atomic E-state index is -1.60. The van der Waals surface area contributed by atoms with Crippen LogP contribution in [0.5, 0.6) is 0 Å². The van der Waals surface area contributed by atoms with Crippen LogP contribution >= 0.6 is 22.9 Å². The number of rotatable bonds is 7. The van der Waals surface area contributed by atoms with E-state index < -0.39 is 17.0 Å². The highest BCUT2D eigenvalue weighted by Crippen LogP contribution is 2.27. The quantitative estimate of drug-likeness (QED) is 0.762. The predicted octanol–water partition coefficient (Wildman–Crippen LogP) is 4.58. The van der Waals surface area contributed by atoms with Gasteiger partial charge in [-0.2, -0.15) is 0 Å². The Hall–Kier alpha value is -1.37. The molecule has 0 saturated carbocycles. The lowest BCUT2D eigenvalue weighted by atomic mass is 10.1. The molecule has 22 heavy (non-hydrogen) atoms. The number of thiophene rings is 1. The van der Waals surface area contributed by atoms with Crippen LogP contribution < -0.4 is 4.72 Å². The van der Waals surface area contributed by atoms with Crippen LogP contribution in [0, 0.1) is 0 Å². The molecule has 7 heteroatoms. The van der Waals surface area contributed by atoms with Gasteiger partial charge in [0.2, 0.25) is 0 Å². The zero-order chi connectivity index (χ0) is 16.1. The average Bonchev–Trinajstić information content (AvgIpc) is 2.93. The molecule has 2 N–H and O–H groups in total. The summed E-state index contributed by atoms with van der Waals surface area (Å²) in [6.45, 7) is 2.12. The number of carboxylic acids is 1. The number of hydrogen-bond donors (Lipinski definition) is 2. The van der Waals surface area contributed by atoms with Crippen LogP contribution in [0.15, 0.2) is 34.5 Å². The average molecular weight is 358 g/mol. The van der Waals surface area contributed by atoms with Gasteiger partial charge in [0.1, 0.15) is 4.88 Å². The number of nitrogens with one attached hydrogen (secondary N) is 1. The molecule has 0 spiro atoms. The summed E-state index contributed by atoms with van der Waals surface area (Å²) < 4.78 is 15.1. The van der Waals surface area contributed by atoms with E-state index in [1.807, 2.05) is 12.1 Å². The van der Waals surface area contributed by atoms with Crippen molar-refractivity contribution in [2.75, 3.05) is 4.72 Å². The molecule has 0 aliphatic heterocycles. The summed E-state index contributed by atoms with van der Waals surface area (Å²) in [6, 6.07) is 7.04. The van der Waals surface area contributed by atoms with Crippen molar-refractivity contribution in [3.63, 3.8) is 0 Å². The van der Waals surface area contributed by atoms with Gasteiger partial charge in [0, 0.05) is 0 Å². The van der Waals surface area contributed by atoms with Crippen LogP contribution in [0.4, 0.5) is 5.69 Å². The fraction of sp³-hybridized carbons (Fsp3) is 0.267. The summed E-state index contributed by atoms with van der Waals surface area (Å²) in [7, 11) is -1.60. The molecule has 0 aliphatic rings. The molecular weight excluding hydrogens is 342 g/mol. The van der Waals surface area contributed by atoms with E-state index in [1.54, 1.807) is 17.5 Å². The maximum Gasteiger partial charge on any atom is 0.348 e. The molecule has 1 aromatic heterocycles. The second-order valence-corrected chi connectivity index (χ2v) is 7.21. The molecule has 0 radical (unpaired) electrons. The van der Waals surface area contributed by atoms with Gasteiger partial charge in [-0.3, -0.25) is 4.72 Å². The van der Waals surface area contributed by atoms with E-state index >= 15 is 0 Å². The van der Waals surface area contributed by atoms with Gasteiger partial charge in [-0.25, -0.2) is 9.00 Å². The smallest absolute Gasteiger partial charge is 0.348 e. The molecule has 0 amide bonds. The van der Waals surface area contributed by atoms with Crippen LogP contribution in [0.1, 0.15) is 35.0 Å². The fourth-order valence-electron chi connectivity index (χ4n) is 1.94. The van der Waals surface area contributed by atoms with Gasteiger partial charge in [0.25, 0.3) is 0 Å². The van der Waals surface area contributed by atoms with Crippen LogP contribution in [0.3, 0.4) is 0 Å². The maximum absolute atomic E-state index is 12.4.